The molecule has 1 aliphatic carbocycles. The van der Waals surface area contributed by atoms with Gasteiger partial charge in [-0.05, 0) is 42.4 Å². The highest BCUT2D eigenvalue weighted by atomic mass is 16.2. The summed E-state index contributed by atoms with van der Waals surface area (Å²) in [5.74, 6) is 1.02. The maximum atomic E-state index is 13.0. The number of aryl methyl sites for hydroxylation is 1. The zero-order valence-electron chi connectivity index (χ0n) is 18.4. The molecule has 1 atom stereocenters. The van der Waals surface area contributed by atoms with E-state index in [-0.39, 0.29) is 23.7 Å². The van der Waals surface area contributed by atoms with Gasteiger partial charge in [0.1, 0.15) is 5.82 Å². The van der Waals surface area contributed by atoms with Crippen LogP contribution in [0.2, 0.25) is 0 Å². The summed E-state index contributed by atoms with van der Waals surface area (Å²) >= 11 is 0. The van der Waals surface area contributed by atoms with Crippen molar-refractivity contribution >= 4 is 23.3 Å². The van der Waals surface area contributed by atoms with Gasteiger partial charge in [0.15, 0.2) is 0 Å². The molecule has 7 heteroatoms. The molecule has 1 aromatic carbocycles. The summed E-state index contributed by atoms with van der Waals surface area (Å²) in [6, 6.07) is 11.5. The number of hydrogen-bond donors (Lipinski definition) is 1. The predicted molar refractivity (Wildman–Crippen MR) is 123 cm³/mol. The SMILES string of the molecule is Cn1cc(-c2cccc(CC(=O)Nc3cc(N4CC[C@@](C)(C5CC5)C4=O)ccn3)c2)cn1. The van der Waals surface area contributed by atoms with Crippen molar-refractivity contribution in [2.24, 2.45) is 18.4 Å². The van der Waals surface area contributed by atoms with Crippen molar-refractivity contribution in [1.82, 2.24) is 14.8 Å². The highest BCUT2D eigenvalue weighted by Gasteiger charge is 2.52. The Morgan fingerprint density at radius 1 is 1.22 bits per heavy atom. The monoisotopic (exact) mass is 429 g/mol. The van der Waals surface area contributed by atoms with E-state index >= 15 is 0 Å². The van der Waals surface area contributed by atoms with Crippen LogP contribution in [0.15, 0.2) is 55.0 Å². The Morgan fingerprint density at radius 3 is 2.81 bits per heavy atom. The molecule has 3 heterocycles. The lowest BCUT2D eigenvalue weighted by molar-refractivity contribution is -0.125. The molecule has 5 rings (SSSR count). The molecule has 3 aromatic rings. The summed E-state index contributed by atoms with van der Waals surface area (Å²) in [6.45, 7) is 2.81. The lowest BCUT2D eigenvalue weighted by Gasteiger charge is -2.23. The van der Waals surface area contributed by atoms with Gasteiger partial charge in [-0.15, -0.1) is 0 Å². The van der Waals surface area contributed by atoms with E-state index in [2.05, 4.69) is 22.3 Å². The summed E-state index contributed by atoms with van der Waals surface area (Å²) < 4.78 is 1.76. The van der Waals surface area contributed by atoms with Crippen LogP contribution < -0.4 is 10.2 Å². The second-order valence-electron chi connectivity index (χ2n) is 9.13. The Labute approximate surface area is 187 Å². The topological polar surface area (TPSA) is 80.1 Å². The Hall–Kier alpha value is -3.48. The standard InChI is InChI=1S/C25H27N5O2/c1-25(20-6-7-20)9-11-30(24(25)32)21-8-10-26-22(14-21)28-23(31)13-17-4-3-5-18(12-17)19-15-27-29(2)16-19/h3-5,8,10,12,14-16,20H,6-7,9,11,13H2,1-2H3,(H,26,28,31)/t25-/m0/s1. The number of carbonyl (C=O) groups is 2. The second kappa shape index (κ2) is 7.89. The van der Waals surface area contributed by atoms with Crippen LogP contribution in [0.5, 0.6) is 0 Å². The molecule has 32 heavy (non-hydrogen) atoms. The number of nitrogens with zero attached hydrogens (tertiary/aromatic N) is 4. The number of nitrogens with one attached hydrogen (secondary N) is 1. The summed E-state index contributed by atoms with van der Waals surface area (Å²) in [6.07, 6.45) is 8.82. The van der Waals surface area contributed by atoms with Crippen molar-refractivity contribution in [3.05, 3.63) is 60.6 Å². The lowest BCUT2D eigenvalue weighted by atomic mass is 9.83. The van der Waals surface area contributed by atoms with Crippen LogP contribution in [0.4, 0.5) is 11.5 Å². The van der Waals surface area contributed by atoms with Crippen molar-refractivity contribution in [2.45, 2.75) is 32.6 Å². The minimum absolute atomic E-state index is 0.145. The Kier molecular flexibility index (Phi) is 5.04. The van der Waals surface area contributed by atoms with Crippen molar-refractivity contribution in [3.63, 3.8) is 0 Å². The maximum absolute atomic E-state index is 13.0. The van der Waals surface area contributed by atoms with Crippen LogP contribution in [-0.2, 0) is 23.1 Å². The first-order valence-corrected chi connectivity index (χ1v) is 11.1. The number of anilines is 2. The van der Waals surface area contributed by atoms with Crippen LogP contribution >= 0.6 is 0 Å². The predicted octanol–water partition coefficient (Wildman–Crippen LogP) is 3.82. The fraction of sp³-hybridized carbons (Fsp3) is 0.360. The fourth-order valence-corrected chi connectivity index (χ4v) is 4.67. The summed E-state index contributed by atoms with van der Waals surface area (Å²) in [5.41, 5.74) is 3.50. The maximum Gasteiger partial charge on any atom is 0.233 e. The number of hydrogen-bond acceptors (Lipinski definition) is 4. The average molecular weight is 430 g/mol. The van der Waals surface area contributed by atoms with Gasteiger partial charge in [-0.3, -0.25) is 14.3 Å². The van der Waals surface area contributed by atoms with Crippen molar-refractivity contribution in [2.75, 3.05) is 16.8 Å². The van der Waals surface area contributed by atoms with Gasteiger partial charge in [-0.1, -0.05) is 31.2 Å². The number of benzene rings is 1. The minimum atomic E-state index is -0.244. The van der Waals surface area contributed by atoms with E-state index in [0.717, 1.165) is 41.6 Å². The summed E-state index contributed by atoms with van der Waals surface area (Å²) in [5, 5.41) is 7.09. The van der Waals surface area contributed by atoms with E-state index in [9.17, 15) is 9.59 Å². The molecule has 0 bridgehead atoms. The van der Waals surface area contributed by atoms with E-state index < -0.39 is 0 Å². The van der Waals surface area contributed by atoms with E-state index in [1.165, 1.54) is 0 Å². The summed E-state index contributed by atoms with van der Waals surface area (Å²) in [4.78, 5) is 31.9. The molecule has 0 unspecified atom stereocenters. The average Bonchev–Trinajstić information content (AvgIpc) is 3.48. The van der Waals surface area contributed by atoms with E-state index in [4.69, 9.17) is 0 Å². The molecular formula is C25H27N5O2. The van der Waals surface area contributed by atoms with Crippen LogP contribution in [0, 0.1) is 11.3 Å². The van der Waals surface area contributed by atoms with Gasteiger partial charge in [0, 0.05) is 43.3 Å². The molecular weight excluding hydrogens is 402 g/mol. The molecule has 1 N–H and O–H groups in total. The molecule has 1 aliphatic heterocycles. The Morgan fingerprint density at radius 2 is 2.06 bits per heavy atom. The number of pyridine rings is 1. The third kappa shape index (κ3) is 3.90. The molecule has 2 aliphatic rings. The fourth-order valence-electron chi connectivity index (χ4n) is 4.67. The molecule has 7 nitrogen and oxygen atoms in total. The molecule has 1 saturated heterocycles. The van der Waals surface area contributed by atoms with Crippen molar-refractivity contribution in [1.29, 1.82) is 0 Å². The first kappa shape index (κ1) is 20.4. The number of carbonyl (C=O) groups excluding carboxylic acids is 2. The third-order valence-electron chi connectivity index (χ3n) is 6.72. The van der Waals surface area contributed by atoms with Gasteiger partial charge < -0.3 is 10.2 Å². The summed E-state index contributed by atoms with van der Waals surface area (Å²) in [7, 11) is 1.88. The molecule has 0 radical (unpaired) electrons. The highest BCUT2D eigenvalue weighted by molar-refractivity contribution is 6.00. The van der Waals surface area contributed by atoms with Gasteiger partial charge in [-0.25, -0.2) is 4.98 Å². The first-order chi connectivity index (χ1) is 15.4. The quantitative estimate of drug-likeness (QED) is 0.646. The molecule has 2 amide bonds. The molecule has 2 fully saturated rings. The van der Waals surface area contributed by atoms with Crippen molar-refractivity contribution < 1.29 is 9.59 Å². The van der Waals surface area contributed by atoms with Crippen LogP contribution in [0.25, 0.3) is 11.1 Å². The molecule has 1 saturated carbocycles. The van der Waals surface area contributed by atoms with Gasteiger partial charge in [0.05, 0.1) is 18.0 Å². The first-order valence-electron chi connectivity index (χ1n) is 11.1. The number of aromatic nitrogens is 3. The molecule has 0 spiro atoms. The normalized spacial score (nSPS) is 20.6. The van der Waals surface area contributed by atoms with E-state index in [0.29, 0.717) is 18.3 Å². The lowest BCUT2D eigenvalue weighted by Crippen LogP contribution is -2.34. The van der Waals surface area contributed by atoms with Crippen LogP contribution in [0.3, 0.4) is 0 Å². The zero-order chi connectivity index (χ0) is 22.3. The van der Waals surface area contributed by atoms with Crippen LogP contribution in [-0.4, -0.2) is 33.1 Å². The van der Waals surface area contributed by atoms with E-state index in [1.807, 2.05) is 54.7 Å². The smallest absolute Gasteiger partial charge is 0.233 e. The number of amides is 2. The van der Waals surface area contributed by atoms with Gasteiger partial charge in [0.25, 0.3) is 0 Å². The van der Waals surface area contributed by atoms with Gasteiger partial charge in [-0.2, -0.15) is 5.10 Å². The Bertz CT molecular complexity index is 1180. The van der Waals surface area contributed by atoms with Crippen molar-refractivity contribution in [3.8, 4) is 11.1 Å². The zero-order valence-corrected chi connectivity index (χ0v) is 18.4. The van der Waals surface area contributed by atoms with Gasteiger partial charge in [0.2, 0.25) is 11.8 Å². The second-order valence-corrected chi connectivity index (χ2v) is 9.13. The largest absolute Gasteiger partial charge is 0.312 e. The molecule has 164 valence electrons. The number of rotatable bonds is 6. The Balaban J connectivity index is 1.26. The molecule has 2 aromatic heterocycles. The highest BCUT2D eigenvalue weighted by Crippen LogP contribution is 2.51. The minimum Gasteiger partial charge on any atom is -0.312 e. The van der Waals surface area contributed by atoms with Gasteiger partial charge >= 0.3 is 0 Å². The van der Waals surface area contributed by atoms with E-state index in [1.54, 1.807) is 16.9 Å². The third-order valence-corrected chi connectivity index (χ3v) is 6.72. The van der Waals surface area contributed by atoms with Crippen LogP contribution in [0.1, 0.15) is 31.7 Å².